The molecule has 1 fully saturated rings. The number of nitrogens with two attached hydrogens (primary N) is 1. The molecule has 1 heterocycles. The van der Waals surface area contributed by atoms with Crippen molar-refractivity contribution in [2.75, 3.05) is 20.1 Å². The third-order valence-electron chi connectivity index (χ3n) is 3.00. The van der Waals surface area contributed by atoms with Gasteiger partial charge in [0.05, 0.1) is 12.4 Å². The predicted molar refractivity (Wildman–Crippen MR) is 61.6 cm³/mol. The van der Waals surface area contributed by atoms with E-state index in [2.05, 4.69) is 30.8 Å². The average molecular weight is 197 g/mol. The van der Waals surface area contributed by atoms with Crippen molar-refractivity contribution in [3.8, 4) is 0 Å². The zero-order valence-corrected chi connectivity index (χ0v) is 9.66. The highest BCUT2D eigenvalue weighted by atomic mass is 15.1. The molecule has 2 N–H and O–H groups in total. The van der Waals surface area contributed by atoms with E-state index in [1.54, 1.807) is 0 Å². The van der Waals surface area contributed by atoms with Gasteiger partial charge in [0.25, 0.3) is 0 Å². The van der Waals surface area contributed by atoms with Crippen LogP contribution in [-0.2, 0) is 0 Å². The van der Waals surface area contributed by atoms with Crippen molar-refractivity contribution in [3.63, 3.8) is 0 Å². The number of rotatable bonds is 3. The van der Waals surface area contributed by atoms with Gasteiger partial charge in [-0.2, -0.15) is 0 Å². The van der Waals surface area contributed by atoms with Crippen LogP contribution < -0.4 is 5.73 Å². The quantitative estimate of drug-likeness (QED) is 0.550. The molecule has 0 saturated carbocycles. The lowest BCUT2D eigenvalue weighted by Gasteiger charge is -2.31. The molecule has 1 rings (SSSR count). The molecular formula is C11H23N3. The van der Waals surface area contributed by atoms with Crippen molar-refractivity contribution in [1.82, 2.24) is 4.90 Å². The highest BCUT2D eigenvalue weighted by Crippen LogP contribution is 2.15. The van der Waals surface area contributed by atoms with E-state index in [1.807, 2.05) is 0 Å². The molecular weight excluding hydrogens is 174 g/mol. The van der Waals surface area contributed by atoms with Crippen LogP contribution in [0.1, 0.15) is 33.1 Å². The van der Waals surface area contributed by atoms with Gasteiger partial charge in [-0.05, 0) is 26.4 Å². The summed E-state index contributed by atoms with van der Waals surface area (Å²) < 4.78 is 0. The first kappa shape index (κ1) is 11.5. The zero-order chi connectivity index (χ0) is 10.6. The van der Waals surface area contributed by atoms with Gasteiger partial charge in [0.1, 0.15) is 0 Å². The number of hydrogen-bond acceptors (Lipinski definition) is 2. The molecule has 3 heteroatoms. The standard InChI is InChI=1S/C11H23N3/c1-9(2)11(12)13-8-10-6-4-5-7-14(10)3/h9-10H,4-8H2,1-3H3,(H2,12,13). The Morgan fingerprint density at radius 1 is 1.50 bits per heavy atom. The van der Waals surface area contributed by atoms with Crippen LogP contribution >= 0.6 is 0 Å². The van der Waals surface area contributed by atoms with E-state index in [4.69, 9.17) is 5.73 Å². The maximum absolute atomic E-state index is 5.81. The van der Waals surface area contributed by atoms with Gasteiger partial charge in [0, 0.05) is 12.0 Å². The first-order valence-corrected chi connectivity index (χ1v) is 5.61. The summed E-state index contributed by atoms with van der Waals surface area (Å²) in [5.41, 5.74) is 5.81. The number of hydrogen-bond donors (Lipinski definition) is 1. The molecule has 0 aromatic carbocycles. The SMILES string of the molecule is CC(C)C(N)=NCC1CCCCN1C. The van der Waals surface area contributed by atoms with Crippen LogP contribution in [-0.4, -0.2) is 36.9 Å². The number of nitrogens with zero attached hydrogens (tertiary/aromatic N) is 2. The van der Waals surface area contributed by atoms with E-state index in [0.29, 0.717) is 12.0 Å². The largest absolute Gasteiger partial charge is 0.387 e. The molecule has 0 amide bonds. The van der Waals surface area contributed by atoms with Crippen molar-refractivity contribution in [2.45, 2.75) is 39.2 Å². The molecule has 14 heavy (non-hydrogen) atoms. The molecule has 1 saturated heterocycles. The molecule has 0 aliphatic carbocycles. The highest BCUT2D eigenvalue weighted by Gasteiger charge is 2.18. The summed E-state index contributed by atoms with van der Waals surface area (Å²) in [5.74, 6) is 1.17. The molecule has 0 bridgehead atoms. The van der Waals surface area contributed by atoms with E-state index in [1.165, 1.54) is 25.8 Å². The molecule has 1 atom stereocenters. The third-order valence-corrected chi connectivity index (χ3v) is 3.00. The Morgan fingerprint density at radius 3 is 2.79 bits per heavy atom. The fraction of sp³-hybridized carbons (Fsp3) is 0.909. The topological polar surface area (TPSA) is 41.6 Å². The van der Waals surface area contributed by atoms with Gasteiger partial charge in [-0.3, -0.25) is 4.99 Å². The van der Waals surface area contributed by atoms with Crippen LogP contribution in [0.4, 0.5) is 0 Å². The van der Waals surface area contributed by atoms with Crippen LogP contribution in [0, 0.1) is 5.92 Å². The Morgan fingerprint density at radius 2 is 2.21 bits per heavy atom. The molecule has 1 unspecified atom stereocenters. The van der Waals surface area contributed by atoms with Crippen LogP contribution in [0.3, 0.4) is 0 Å². The molecule has 3 nitrogen and oxygen atoms in total. The first-order chi connectivity index (χ1) is 6.61. The molecule has 1 aliphatic rings. The smallest absolute Gasteiger partial charge is 0.0963 e. The van der Waals surface area contributed by atoms with Crippen LogP contribution in [0.15, 0.2) is 4.99 Å². The highest BCUT2D eigenvalue weighted by molar-refractivity contribution is 5.82. The van der Waals surface area contributed by atoms with E-state index in [0.717, 1.165) is 12.4 Å². The first-order valence-electron chi connectivity index (χ1n) is 5.61. The van der Waals surface area contributed by atoms with Crippen molar-refractivity contribution in [3.05, 3.63) is 0 Å². The molecule has 1 aliphatic heterocycles. The second kappa shape index (κ2) is 5.35. The molecule has 0 spiro atoms. The minimum absolute atomic E-state index is 0.379. The van der Waals surface area contributed by atoms with Crippen molar-refractivity contribution >= 4 is 5.84 Å². The van der Waals surface area contributed by atoms with E-state index in [9.17, 15) is 0 Å². The van der Waals surface area contributed by atoms with Crippen molar-refractivity contribution in [1.29, 1.82) is 0 Å². The second-order valence-electron chi connectivity index (χ2n) is 4.55. The van der Waals surface area contributed by atoms with Crippen LogP contribution in [0.5, 0.6) is 0 Å². The zero-order valence-electron chi connectivity index (χ0n) is 9.66. The van der Waals surface area contributed by atoms with Gasteiger partial charge in [0.15, 0.2) is 0 Å². The number of likely N-dealkylation sites (tertiary alicyclic amines) is 1. The van der Waals surface area contributed by atoms with Gasteiger partial charge in [-0.15, -0.1) is 0 Å². The Labute approximate surface area is 87.4 Å². The lowest BCUT2D eigenvalue weighted by atomic mass is 10.0. The van der Waals surface area contributed by atoms with Gasteiger partial charge < -0.3 is 10.6 Å². The number of piperidine rings is 1. The molecule has 82 valence electrons. The van der Waals surface area contributed by atoms with E-state index < -0.39 is 0 Å². The van der Waals surface area contributed by atoms with Gasteiger partial charge >= 0.3 is 0 Å². The van der Waals surface area contributed by atoms with Crippen molar-refractivity contribution in [2.24, 2.45) is 16.6 Å². The summed E-state index contributed by atoms with van der Waals surface area (Å²) in [7, 11) is 2.19. The fourth-order valence-electron chi connectivity index (χ4n) is 1.77. The number of aliphatic imine (C=N–C) groups is 1. The number of likely N-dealkylation sites (N-methyl/N-ethyl adjacent to an activating group) is 1. The second-order valence-corrected chi connectivity index (χ2v) is 4.55. The predicted octanol–water partition coefficient (Wildman–Crippen LogP) is 1.48. The number of amidine groups is 1. The Hall–Kier alpha value is -0.570. The van der Waals surface area contributed by atoms with E-state index in [-0.39, 0.29) is 0 Å². The summed E-state index contributed by atoms with van der Waals surface area (Å²) in [6, 6.07) is 0.612. The summed E-state index contributed by atoms with van der Waals surface area (Å²) in [5, 5.41) is 0. The summed E-state index contributed by atoms with van der Waals surface area (Å²) >= 11 is 0. The van der Waals surface area contributed by atoms with Gasteiger partial charge in [-0.1, -0.05) is 20.3 Å². The monoisotopic (exact) mass is 197 g/mol. The third kappa shape index (κ3) is 3.29. The summed E-state index contributed by atoms with van der Waals surface area (Å²) in [4.78, 5) is 6.85. The lowest BCUT2D eigenvalue weighted by molar-refractivity contribution is 0.191. The van der Waals surface area contributed by atoms with Gasteiger partial charge in [-0.25, -0.2) is 0 Å². The van der Waals surface area contributed by atoms with E-state index >= 15 is 0 Å². The van der Waals surface area contributed by atoms with Crippen LogP contribution in [0.2, 0.25) is 0 Å². The summed E-state index contributed by atoms with van der Waals surface area (Å²) in [6.07, 6.45) is 3.94. The Kier molecular flexibility index (Phi) is 4.39. The minimum Gasteiger partial charge on any atom is -0.387 e. The Balaban J connectivity index is 2.39. The maximum atomic E-state index is 5.81. The molecule has 0 aromatic rings. The Bertz CT molecular complexity index is 199. The normalized spacial score (nSPS) is 25.7. The molecule has 0 radical (unpaired) electrons. The minimum atomic E-state index is 0.379. The van der Waals surface area contributed by atoms with Gasteiger partial charge in [0.2, 0.25) is 0 Å². The fourth-order valence-corrected chi connectivity index (χ4v) is 1.77. The maximum Gasteiger partial charge on any atom is 0.0963 e. The van der Waals surface area contributed by atoms with Crippen LogP contribution in [0.25, 0.3) is 0 Å². The lowest BCUT2D eigenvalue weighted by Crippen LogP contribution is -2.38. The molecule has 0 aromatic heterocycles. The summed E-state index contributed by atoms with van der Waals surface area (Å²) in [6.45, 7) is 6.26. The van der Waals surface area contributed by atoms with Crippen molar-refractivity contribution < 1.29 is 0 Å². The average Bonchev–Trinajstić information content (AvgIpc) is 2.16.